The van der Waals surface area contributed by atoms with Crippen molar-refractivity contribution in [2.24, 2.45) is 0 Å². The molecule has 2 atom stereocenters. The van der Waals surface area contributed by atoms with Crippen molar-refractivity contribution in [1.29, 1.82) is 0 Å². The van der Waals surface area contributed by atoms with Gasteiger partial charge in [0.15, 0.2) is 0 Å². The second-order valence-corrected chi connectivity index (χ2v) is 4.22. The molecular weight excluding hydrogens is 138 g/mol. The minimum Gasteiger partial charge on any atom is -0.251 e. The van der Waals surface area contributed by atoms with Crippen LogP contribution < -0.4 is 10.6 Å². The Balaban J connectivity index is 2.00. The summed E-state index contributed by atoms with van der Waals surface area (Å²) in [5, 5.41) is 3.17. The number of rotatable bonds is 0. The lowest BCUT2D eigenvalue weighted by atomic mass is 10.6. The Hall–Kier alpha value is 0.780. The zero-order valence-electron chi connectivity index (χ0n) is 4.83. The standard InChI is InChI=1S/C4H12N2P2/c1-2-7-4-5-6-8-3-1/h5-8H,1-4H2. The van der Waals surface area contributed by atoms with E-state index >= 15 is 0 Å². The first-order valence-corrected chi connectivity index (χ1v) is 5.54. The van der Waals surface area contributed by atoms with Crippen molar-refractivity contribution in [2.75, 3.05) is 18.6 Å². The third-order valence-corrected chi connectivity index (χ3v) is 3.14. The summed E-state index contributed by atoms with van der Waals surface area (Å²) in [6, 6.07) is 0. The van der Waals surface area contributed by atoms with Gasteiger partial charge in [-0.1, -0.05) is 0 Å². The first kappa shape index (κ1) is 6.89. The quantitative estimate of drug-likeness (QED) is 0.497. The summed E-state index contributed by atoms with van der Waals surface area (Å²) in [5.41, 5.74) is 3.16. The molecule has 1 heterocycles. The lowest BCUT2D eigenvalue weighted by Gasteiger charge is -2.10. The minimum atomic E-state index is 0.934. The first-order valence-electron chi connectivity index (χ1n) is 2.91. The molecule has 0 radical (unpaired) electrons. The second-order valence-electron chi connectivity index (χ2n) is 1.76. The second kappa shape index (κ2) is 4.64. The summed E-state index contributed by atoms with van der Waals surface area (Å²) < 4.78 is 0. The van der Waals surface area contributed by atoms with Crippen LogP contribution in [0, 0.1) is 0 Å². The summed E-state index contributed by atoms with van der Waals surface area (Å²) in [6.45, 7) is 0. The molecule has 1 fully saturated rings. The highest BCUT2D eigenvalue weighted by Gasteiger charge is 1.92. The highest BCUT2D eigenvalue weighted by Crippen LogP contribution is 2.15. The molecule has 0 spiro atoms. The number of hydrazine groups is 1. The average molecular weight is 150 g/mol. The summed E-state index contributed by atoms with van der Waals surface area (Å²) in [5.74, 6) is 0. The molecule has 0 aliphatic carbocycles. The van der Waals surface area contributed by atoms with E-state index in [9.17, 15) is 0 Å². The number of nitrogens with one attached hydrogen (secondary N) is 2. The summed E-state index contributed by atoms with van der Waals surface area (Å²) in [6.07, 6.45) is 5.39. The van der Waals surface area contributed by atoms with E-state index in [2.05, 4.69) is 10.6 Å². The molecular formula is C4H12N2P2. The molecule has 8 heavy (non-hydrogen) atoms. The van der Waals surface area contributed by atoms with E-state index in [0.29, 0.717) is 0 Å². The van der Waals surface area contributed by atoms with E-state index in [1.165, 1.54) is 25.0 Å². The van der Waals surface area contributed by atoms with E-state index in [1.807, 2.05) is 0 Å². The van der Waals surface area contributed by atoms with Gasteiger partial charge in [0, 0.05) is 6.29 Å². The van der Waals surface area contributed by atoms with Crippen LogP contribution in [0.25, 0.3) is 0 Å². The van der Waals surface area contributed by atoms with Gasteiger partial charge >= 0.3 is 0 Å². The predicted molar refractivity (Wildman–Crippen MR) is 42.1 cm³/mol. The fourth-order valence-corrected chi connectivity index (χ4v) is 2.66. The molecule has 1 rings (SSSR count). The van der Waals surface area contributed by atoms with Gasteiger partial charge in [0.2, 0.25) is 0 Å². The monoisotopic (exact) mass is 150 g/mol. The third-order valence-electron chi connectivity index (χ3n) is 1.05. The van der Waals surface area contributed by atoms with Gasteiger partial charge in [-0.3, -0.25) is 5.43 Å². The zero-order chi connectivity index (χ0) is 5.66. The van der Waals surface area contributed by atoms with Crippen LogP contribution in [-0.2, 0) is 0 Å². The maximum atomic E-state index is 3.17. The van der Waals surface area contributed by atoms with Crippen molar-refractivity contribution in [1.82, 2.24) is 10.6 Å². The lowest BCUT2D eigenvalue weighted by molar-refractivity contribution is 0.775. The van der Waals surface area contributed by atoms with Crippen molar-refractivity contribution in [2.45, 2.75) is 6.42 Å². The highest BCUT2D eigenvalue weighted by molar-refractivity contribution is 7.38. The molecule has 1 aliphatic rings. The number of hydrogen-bond acceptors (Lipinski definition) is 2. The fraction of sp³-hybridized carbons (Fsp3) is 1.00. The molecule has 0 bridgehead atoms. The largest absolute Gasteiger partial charge is 0.251 e. The van der Waals surface area contributed by atoms with Crippen LogP contribution in [0.4, 0.5) is 0 Å². The molecule has 2 nitrogen and oxygen atoms in total. The average Bonchev–Trinajstić information content (AvgIpc) is 1.62. The van der Waals surface area contributed by atoms with E-state index in [1.54, 1.807) is 0 Å². The van der Waals surface area contributed by atoms with Crippen molar-refractivity contribution in [3.8, 4) is 0 Å². The minimum absolute atomic E-state index is 0.934. The van der Waals surface area contributed by atoms with Crippen LogP contribution in [-0.4, -0.2) is 18.6 Å². The highest BCUT2D eigenvalue weighted by atomic mass is 31.1. The molecule has 2 N–H and O–H groups in total. The SMILES string of the molecule is C1CPCNNPC1. The molecule has 0 aromatic heterocycles. The molecule has 48 valence electrons. The maximum absolute atomic E-state index is 3.17. The Morgan fingerprint density at radius 1 is 1.25 bits per heavy atom. The topological polar surface area (TPSA) is 24.1 Å². The van der Waals surface area contributed by atoms with Gasteiger partial charge in [-0.15, -0.1) is 8.58 Å². The van der Waals surface area contributed by atoms with Crippen LogP contribution in [0.15, 0.2) is 0 Å². The first-order chi connectivity index (χ1) is 4.00. The van der Waals surface area contributed by atoms with Gasteiger partial charge in [0.25, 0.3) is 0 Å². The van der Waals surface area contributed by atoms with Crippen LogP contribution >= 0.6 is 17.3 Å². The van der Waals surface area contributed by atoms with Crippen LogP contribution in [0.5, 0.6) is 0 Å². The molecule has 0 aromatic carbocycles. The molecule has 0 aromatic rings. The molecule has 4 heteroatoms. The van der Waals surface area contributed by atoms with E-state index in [4.69, 9.17) is 0 Å². The maximum Gasteiger partial charge on any atom is 0.0274 e. The predicted octanol–water partition coefficient (Wildman–Crippen LogP) is 0.714. The molecule has 0 amide bonds. The lowest BCUT2D eigenvalue weighted by Crippen LogP contribution is -2.24. The Morgan fingerprint density at radius 2 is 2.25 bits per heavy atom. The van der Waals surface area contributed by atoms with Crippen LogP contribution in [0.1, 0.15) is 6.42 Å². The van der Waals surface area contributed by atoms with Gasteiger partial charge in [-0.2, -0.15) is 0 Å². The van der Waals surface area contributed by atoms with Gasteiger partial charge in [0.05, 0.1) is 0 Å². The van der Waals surface area contributed by atoms with Crippen molar-refractivity contribution in [3.05, 3.63) is 0 Å². The van der Waals surface area contributed by atoms with E-state index in [-0.39, 0.29) is 0 Å². The van der Waals surface area contributed by atoms with Gasteiger partial charge < -0.3 is 0 Å². The van der Waals surface area contributed by atoms with E-state index in [0.717, 1.165) is 17.3 Å². The molecule has 1 aliphatic heterocycles. The fourth-order valence-electron chi connectivity index (χ4n) is 0.622. The smallest absolute Gasteiger partial charge is 0.0274 e. The van der Waals surface area contributed by atoms with Crippen molar-refractivity contribution in [3.63, 3.8) is 0 Å². The normalized spacial score (nSPS) is 30.0. The Bertz CT molecular complexity index is 36.0. The van der Waals surface area contributed by atoms with Gasteiger partial charge in [-0.05, 0) is 27.5 Å². The Morgan fingerprint density at radius 3 is 3.25 bits per heavy atom. The van der Waals surface area contributed by atoms with E-state index < -0.39 is 0 Å². The van der Waals surface area contributed by atoms with Crippen LogP contribution in [0.3, 0.4) is 0 Å². The van der Waals surface area contributed by atoms with Crippen molar-refractivity contribution >= 4 is 17.3 Å². The van der Waals surface area contributed by atoms with Gasteiger partial charge in [-0.25, -0.2) is 5.20 Å². The summed E-state index contributed by atoms with van der Waals surface area (Å²) >= 11 is 0. The molecule has 1 saturated heterocycles. The zero-order valence-corrected chi connectivity index (χ0v) is 6.83. The summed E-state index contributed by atoms with van der Waals surface area (Å²) in [4.78, 5) is 0. The van der Waals surface area contributed by atoms with Gasteiger partial charge in [0.1, 0.15) is 0 Å². The van der Waals surface area contributed by atoms with Crippen molar-refractivity contribution < 1.29 is 0 Å². The number of hydrogen-bond donors (Lipinski definition) is 2. The Labute approximate surface area is 53.8 Å². The van der Waals surface area contributed by atoms with Crippen LogP contribution in [0.2, 0.25) is 0 Å². The molecule has 0 saturated carbocycles. The summed E-state index contributed by atoms with van der Waals surface area (Å²) in [7, 11) is 2.05. The third kappa shape index (κ3) is 2.94. The molecule has 2 unspecified atom stereocenters. The Kier molecular flexibility index (Phi) is 4.00.